The van der Waals surface area contributed by atoms with Gasteiger partial charge in [0.25, 0.3) is 0 Å². The summed E-state index contributed by atoms with van der Waals surface area (Å²) in [7, 11) is 0. The van der Waals surface area contributed by atoms with Gasteiger partial charge in [-0.1, -0.05) is 12.1 Å². The summed E-state index contributed by atoms with van der Waals surface area (Å²) in [5.74, 6) is -0.926. The van der Waals surface area contributed by atoms with E-state index in [-0.39, 0.29) is 5.56 Å². The molecule has 0 atom stereocenters. The van der Waals surface area contributed by atoms with E-state index in [4.69, 9.17) is 5.11 Å². The number of carboxylic acids is 1. The number of aromatic nitrogens is 3. The first-order valence-corrected chi connectivity index (χ1v) is 4.42. The molecule has 0 spiro atoms. The zero-order valence-corrected chi connectivity index (χ0v) is 7.87. The van der Waals surface area contributed by atoms with Crippen LogP contribution in [0.1, 0.15) is 15.9 Å². The van der Waals surface area contributed by atoms with Crippen molar-refractivity contribution in [2.75, 3.05) is 0 Å². The molecular weight excluding hydrogens is 194 g/mol. The molecule has 0 unspecified atom stereocenters. The zero-order chi connectivity index (χ0) is 10.7. The van der Waals surface area contributed by atoms with E-state index in [1.54, 1.807) is 30.6 Å². The molecule has 0 fully saturated rings. The summed E-state index contributed by atoms with van der Waals surface area (Å²) in [6.07, 6.45) is 3.17. The second-order valence-electron chi connectivity index (χ2n) is 3.07. The number of carboxylic acid groups (broad SMARTS) is 1. The highest BCUT2D eigenvalue weighted by atomic mass is 16.4. The van der Waals surface area contributed by atoms with Crippen molar-refractivity contribution >= 4 is 5.97 Å². The molecule has 2 rings (SSSR count). The molecule has 1 aromatic carbocycles. The van der Waals surface area contributed by atoms with Crippen LogP contribution in [0.5, 0.6) is 0 Å². The minimum Gasteiger partial charge on any atom is -0.478 e. The average Bonchev–Trinajstić information content (AvgIpc) is 2.71. The Labute approximate surface area is 86.0 Å². The SMILES string of the molecule is O=C(O)c1cccc(Cn2nccn2)c1. The van der Waals surface area contributed by atoms with Crippen LogP contribution >= 0.6 is 0 Å². The van der Waals surface area contributed by atoms with Crippen molar-refractivity contribution in [2.45, 2.75) is 6.54 Å². The normalized spacial score (nSPS) is 10.1. The molecule has 5 heteroatoms. The summed E-state index contributed by atoms with van der Waals surface area (Å²) in [6, 6.07) is 6.73. The Morgan fingerprint density at radius 1 is 1.33 bits per heavy atom. The van der Waals surface area contributed by atoms with Crippen LogP contribution in [0, 0.1) is 0 Å². The van der Waals surface area contributed by atoms with Gasteiger partial charge in [-0.15, -0.1) is 0 Å². The third kappa shape index (κ3) is 2.19. The van der Waals surface area contributed by atoms with Crippen molar-refractivity contribution in [3.8, 4) is 0 Å². The Morgan fingerprint density at radius 2 is 2.07 bits per heavy atom. The van der Waals surface area contributed by atoms with E-state index >= 15 is 0 Å². The predicted octanol–water partition coefficient (Wildman–Crippen LogP) is 1.02. The van der Waals surface area contributed by atoms with Gasteiger partial charge in [-0.2, -0.15) is 15.0 Å². The minimum atomic E-state index is -0.926. The van der Waals surface area contributed by atoms with E-state index in [1.165, 1.54) is 4.80 Å². The summed E-state index contributed by atoms with van der Waals surface area (Å²) in [5, 5.41) is 16.7. The van der Waals surface area contributed by atoms with E-state index in [1.807, 2.05) is 6.07 Å². The highest BCUT2D eigenvalue weighted by molar-refractivity contribution is 5.87. The fraction of sp³-hybridized carbons (Fsp3) is 0.100. The molecule has 0 bridgehead atoms. The Morgan fingerprint density at radius 3 is 2.73 bits per heavy atom. The number of benzene rings is 1. The molecule has 15 heavy (non-hydrogen) atoms. The summed E-state index contributed by atoms with van der Waals surface area (Å²) in [4.78, 5) is 12.2. The molecule has 0 saturated heterocycles. The fourth-order valence-electron chi connectivity index (χ4n) is 1.29. The van der Waals surface area contributed by atoms with Crippen molar-refractivity contribution in [1.29, 1.82) is 0 Å². The molecule has 0 aliphatic rings. The summed E-state index contributed by atoms with van der Waals surface area (Å²) in [5.41, 5.74) is 1.14. The van der Waals surface area contributed by atoms with E-state index in [2.05, 4.69) is 10.2 Å². The Kier molecular flexibility index (Phi) is 2.45. The Balaban J connectivity index is 2.22. The largest absolute Gasteiger partial charge is 0.478 e. The minimum absolute atomic E-state index is 0.277. The molecule has 0 radical (unpaired) electrons. The van der Waals surface area contributed by atoms with Crippen LogP contribution < -0.4 is 0 Å². The second kappa shape index (κ2) is 3.91. The Hall–Kier alpha value is -2.17. The lowest BCUT2D eigenvalue weighted by atomic mass is 10.1. The van der Waals surface area contributed by atoms with Crippen LogP contribution in [0.4, 0.5) is 0 Å². The molecule has 1 heterocycles. The molecule has 0 aliphatic heterocycles. The van der Waals surface area contributed by atoms with Gasteiger partial charge in [-0.3, -0.25) is 0 Å². The molecule has 0 amide bonds. The number of carbonyl (C=O) groups is 1. The fourth-order valence-corrected chi connectivity index (χ4v) is 1.29. The topological polar surface area (TPSA) is 68.0 Å². The highest BCUT2D eigenvalue weighted by Crippen LogP contribution is 2.06. The van der Waals surface area contributed by atoms with Crippen LogP contribution in [0.2, 0.25) is 0 Å². The van der Waals surface area contributed by atoms with Gasteiger partial charge in [0.15, 0.2) is 0 Å². The maximum atomic E-state index is 10.7. The first-order chi connectivity index (χ1) is 7.25. The smallest absolute Gasteiger partial charge is 0.335 e. The summed E-state index contributed by atoms with van der Waals surface area (Å²) < 4.78 is 0. The Bertz CT molecular complexity index is 465. The van der Waals surface area contributed by atoms with E-state index in [0.29, 0.717) is 6.54 Å². The third-order valence-corrected chi connectivity index (χ3v) is 1.96. The van der Waals surface area contributed by atoms with E-state index in [0.717, 1.165) is 5.56 Å². The summed E-state index contributed by atoms with van der Waals surface area (Å²) >= 11 is 0. The first kappa shape index (κ1) is 9.39. The van der Waals surface area contributed by atoms with E-state index in [9.17, 15) is 4.79 Å². The molecule has 2 aromatic rings. The van der Waals surface area contributed by atoms with Gasteiger partial charge in [0.1, 0.15) is 0 Å². The lowest BCUT2D eigenvalue weighted by Crippen LogP contribution is -2.05. The van der Waals surface area contributed by atoms with Crippen LogP contribution in [-0.4, -0.2) is 26.1 Å². The lowest BCUT2D eigenvalue weighted by Gasteiger charge is -2.01. The van der Waals surface area contributed by atoms with Crippen LogP contribution in [-0.2, 0) is 6.54 Å². The maximum absolute atomic E-state index is 10.7. The molecule has 1 aromatic heterocycles. The quantitative estimate of drug-likeness (QED) is 0.808. The van der Waals surface area contributed by atoms with Gasteiger partial charge in [0, 0.05) is 0 Å². The number of aromatic carboxylic acids is 1. The molecule has 1 N–H and O–H groups in total. The average molecular weight is 203 g/mol. The van der Waals surface area contributed by atoms with Gasteiger partial charge in [0.2, 0.25) is 0 Å². The highest BCUT2D eigenvalue weighted by Gasteiger charge is 2.03. The van der Waals surface area contributed by atoms with Gasteiger partial charge in [-0.05, 0) is 17.7 Å². The van der Waals surface area contributed by atoms with Crippen molar-refractivity contribution in [3.05, 3.63) is 47.8 Å². The monoisotopic (exact) mass is 203 g/mol. The molecule has 0 saturated carbocycles. The molecule has 0 aliphatic carbocycles. The number of rotatable bonds is 3. The maximum Gasteiger partial charge on any atom is 0.335 e. The van der Waals surface area contributed by atoms with Crippen molar-refractivity contribution in [1.82, 2.24) is 15.0 Å². The number of nitrogens with zero attached hydrogens (tertiary/aromatic N) is 3. The van der Waals surface area contributed by atoms with Crippen LogP contribution in [0.25, 0.3) is 0 Å². The van der Waals surface area contributed by atoms with E-state index < -0.39 is 5.97 Å². The van der Waals surface area contributed by atoms with Gasteiger partial charge < -0.3 is 5.11 Å². The second-order valence-corrected chi connectivity index (χ2v) is 3.07. The number of hydrogen-bond donors (Lipinski definition) is 1. The lowest BCUT2D eigenvalue weighted by molar-refractivity contribution is 0.0696. The molecule has 5 nitrogen and oxygen atoms in total. The van der Waals surface area contributed by atoms with Crippen LogP contribution in [0.15, 0.2) is 36.7 Å². The van der Waals surface area contributed by atoms with Gasteiger partial charge in [0.05, 0.1) is 24.5 Å². The molecule has 76 valence electrons. The molecular formula is C10H9N3O2. The standard InChI is InChI=1S/C10H9N3O2/c14-10(15)9-3-1-2-8(6-9)7-13-11-4-5-12-13/h1-6H,7H2,(H,14,15). The van der Waals surface area contributed by atoms with Crippen molar-refractivity contribution < 1.29 is 9.90 Å². The number of hydrogen-bond acceptors (Lipinski definition) is 3. The zero-order valence-electron chi connectivity index (χ0n) is 7.87. The van der Waals surface area contributed by atoms with Crippen molar-refractivity contribution in [3.63, 3.8) is 0 Å². The first-order valence-electron chi connectivity index (χ1n) is 4.42. The van der Waals surface area contributed by atoms with Gasteiger partial charge >= 0.3 is 5.97 Å². The van der Waals surface area contributed by atoms with Crippen molar-refractivity contribution in [2.24, 2.45) is 0 Å². The summed E-state index contributed by atoms with van der Waals surface area (Å²) in [6.45, 7) is 0.480. The third-order valence-electron chi connectivity index (χ3n) is 1.96. The predicted molar refractivity (Wildman–Crippen MR) is 52.5 cm³/mol. The van der Waals surface area contributed by atoms with Crippen LogP contribution in [0.3, 0.4) is 0 Å². The van der Waals surface area contributed by atoms with Gasteiger partial charge in [-0.25, -0.2) is 4.79 Å².